The number of anilines is 2. The maximum atomic E-state index is 12.9. The fraction of sp³-hybridized carbons (Fsp3) is 0.300. The molecule has 0 radical (unpaired) electrons. The van der Waals surface area contributed by atoms with Crippen molar-refractivity contribution in [2.24, 2.45) is 37.3 Å². The van der Waals surface area contributed by atoms with Crippen LogP contribution in [0, 0.1) is 123 Å². The van der Waals surface area contributed by atoms with Crippen LogP contribution in [0.25, 0.3) is 0 Å². The fourth-order valence-corrected chi connectivity index (χ4v) is 4.72. The van der Waals surface area contributed by atoms with Gasteiger partial charge in [-0.3, -0.25) is 4.79 Å². The van der Waals surface area contributed by atoms with Gasteiger partial charge in [0.05, 0.1) is 6.04 Å². The van der Waals surface area contributed by atoms with Gasteiger partial charge in [0.15, 0.2) is 11.5 Å². The SMILES string of the molecule is CC#CC#CC#CC#CC#CC#CC#CC#CC#CC.CN1CCC(CNc2nccnc2C(=O)N[C@@H]2CCc3c2ccnc3N)CC1.N=N/N=N/N=N/N=O.[HH].[HH].[HH].[HH].[HH].[HH].[HH].[HH].[HH].[HH]. The topological polar surface area (TPSA) is 224 Å². The van der Waals surface area contributed by atoms with E-state index in [-0.39, 0.29) is 26.2 Å². The highest BCUT2D eigenvalue weighted by molar-refractivity contribution is 5.97. The number of aromatic nitrogens is 3. The van der Waals surface area contributed by atoms with Crippen LogP contribution in [0.1, 0.15) is 75.0 Å². The minimum absolute atomic E-state index is 0. The molecule has 1 saturated heterocycles. The highest BCUT2D eigenvalue weighted by atomic mass is 16.3. The molecule has 0 saturated carbocycles. The van der Waals surface area contributed by atoms with Crippen molar-refractivity contribution in [1.29, 1.82) is 5.53 Å². The van der Waals surface area contributed by atoms with Crippen LogP contribution in [0.5, 0.6) is 0 Å². The first-order valence-electron chi connectivity index (χ1n) is 16.5. The number of nitrogens with one attached hydrogen (secondary N) is 3. The molecule has 1 fully saturated rings. The summed E-state index contributed by atoms with van der Waals surface area (Å²) in [5.74, 6) is 47.1. The summed E-state index contributed by atoms with van der Waals surface area (Å²) in [4.78, 5) is 37.1. The Hall–Kier alpha value is -8.30. The smallest absolute Gasteiger partial charge is 0.274 e. The molecule has 296 valence electrons. The summed E-state index contributed by atoms with van der Waals surface area (Å²) < 4.78 is 0. The number of carbonyl (C=O) groups is 1. The number of pyridine rings is 1. The van der Waals surface area contributed by atoms with E-state index < -0.39 is 0 Å². The van der Waals surface area contributed by atoms with E-state index >= 15 is 0 Å². The second kappa shape index (κ2) is 28.3. The van der Waals surface area contributed by atoms with Crippen LogP contribution in [0.3, 0.4) is 0 Å². The molecule has 1 atom stereocenters. The third kappa shape index (κ3) is 18.3. The Labute approximate surface area is 340 Å². The molecule has 4 rings (SSSR count). The molecular weight excluding hydrogens is 709 g/mol. The summed E-state index contributed by atoms with van der Waals surface area (Å²) in [6.07, 6.45) is 8.80. The number of nitroso groups, excluding NO2 is 1. The van der Waals surface area contributed by atoms with E-state index in [4.69, 9.17) is 16.2 Å². The summed E-state index contributed by atoms with van der Waals surface area (Å²) in [6.45, 7) is 6.43. The largest absolute Gasteiger partial charge is 0.383 e. The number of likely N-dealkylation sites (tertiary alicyclic amines) is 1. The first kappa shape index (κ1) is 43.9. The quantitative estimate of drug-likeness (QED) is 0.0993. The average Bonchev–Trinajstić information content (AvgIpc) is 3.63. The van der Waals surface area contributed by atoms with E-state index in [0.717, 1.165) is 56.4 Å². The van der Waals surface area contributed by atoms with E-state index in [9.17, 15) is 4.79 Å². The van der Waals surface area contributed by atoms with E-state index in [1.54, 1.807) is 32.4 Å². The van der Waals surface area contributed by atoms with Crippen molar-refractivity contribution in [3.8, 4) is 107 Å². The van der Waals surface area contributed by atoms with Gasteiger partial charge in [-0.05, 0) is 193 Å². The molecule has 0 aromatic carbocycles. The molecule has 2 aromatic rings. The molecule has 2 aliphatic rings. The zero-order valence-corrected chi connectivity index (χ0v) is 30.8. The summed E-state index contributed by atoms with van der Waals surface area (Å²) in [5.41, 5.74) is 14.4. The molecule has 5 N–H and O–H groups in total. The molecule has 1 aliphatic carbocycles. The van der Waals surface area contributed by atoms with Gasteiger partial charge in [-0.25, -0.2) is 15.0 Å². The van der Waals surface area contributed by atoms with Gasteiger partial charge in [-0.15, -0.1) is 4.91 Å². The number of nitrogens with zero attached hydrogens (tertiary/aromatic N) is 10. The Morgan fingerprint density at radius 1 is 0.804 bits per heavy atom. The number of nitrogen functional groups attached to an aromatic ring is 1. The van der Waals surface area contributed by atoms with Gasteiger partial charge in [0.25, 0.3) is 5.91 Å². The maximum absolute atomic E-state index is 12.9. The molecule has 0 unspecified atom stereocenters. The summed E-state index contributed by atoms with van der Waals surface area (Å²) in [6, 6.07) is 1.86. The second-order valence-corrected chi connectivity index (χ2v) is 10.7. The molecular formula is C40H54N14O2. The van der Waals surface area contributed by atoms with E-state index in [0.29, 0.717) is 23.2 Å². The van der Waals surface area contributed by atoms with Crippen LogP contribution in [0.4, 0.5) is 11.6 Å². The van der Waals surface area contributed by atoms with Crippen LogP contribution >= 0.6 is 0 Å². The van der Waals surface area contributed by atoms with Crippen LogP contribution in [-0.2, 0) is 6.42 Å². The summed E-state index contributed by atoms with van der Waals surface area (Å²) in [7, 11) is 2.15. The lowest BCUT2D eigenvalue weighted by Gasteiger charge is -2.29. The average molecular weight is 763 g/mol. The van der Waals surface area contributed by atoms with Gasteiger partial charge in [0.2, 0.25) is 0 Å². The van der Waals surface area contributed by atoms with E-state index in [1.165, 1.54) is 0 Å². The van der Waals surface area contributed by atoms with Gasteiger partial charge < -0.3 is 21.3 Å². The van der Waals surface area contributed by atoms with Gasteiger partial charge in [-0.1, -0.05) is 11.8 Å². The molecule has 2 aromatic heterocycles. The molecule has 16 heteroatoms. The molecule has 1 aliphatic heterocycles. The van der Waals surface area contributed by atoms with Crippen molar-refractivity contribution in [2.75, 3.05) is 37.7 Å². The van der Waals surface area contributed by atoms with Gasteiger partial charge in [0.1, 0.15) is 11.1 Å². The molecule has 3 heterocycles. The third-order valence-electron chi connectivity index (χ3n) is 7.19. The van der Waals surface area contributed by atoms with Crippen molar-refractivity contribution >= 4 is 17.5 Å². The number of rotatable bonds is 8. The Bertz CT molecular complexity index is 2290. The van der Waals surface area contributed by atoms with Crippen molar-refractivity contribution in [2.45, 2.75) is 45.6 Å². The van der Waals surface area contributed by atoms with Crippen LogP contribution < -0.4 is 16.4 Å². The fourth-order valence-electron chi connectivity index (χ4n) is 4.72. The van der Waals surface area contributed by atoms with E-state index in [1.807, 2.05) is 11.4 Å². The van der Waals surface area contributed by atoms with E-state index in [2.05, 4.69) is 170 Å². The minimum Gasteiger partial charge on any atom is -0.383 e. The van der Waals surface area contributed by atoms with Crippen molar-refractivity contribution in [3.05, 3.63) is 46.4 Å². The predicted molar refractivity (Wildman–Crippen MR) is 231 cm³/mol. The standard InChI is InChI=1S/C20H27N7O.C20H6.HN7O.10H2/c1-27-10-5-13(6-11-27)12-25-19-17(22-8-9-24-19)20(28)26-16-3-2-15-14(16)4-7-23-18(15)21;1-3-5-7-9-11-13-15-17-19-20-18-16-14-12-10-8-6-4-2;1-2-3-4-5-6-7-8;;;;;;;;;;/h4,7-9,13,16H,2-3,5-6,10-12H2,1H3,(H2,21,23)(H,24,25)(H,26,28);1-2H3;1H;10*1H/b;;2-1?,4-3+,6-5+;;;;;;;;;;/t16-;;;;;;;;;;;;/m1............/s1. The first-order chi connectivity index (χ1) is 27.4. The number of hydrogen-bond acceptors (Lipinski definition) is 9. The number of amides is 1. The number of fused-ring (bicyclic) bond motifs is 1. The monoisotopic (exact) mass is 762 g/mol. The second-order valence-electron chi connectivity index (χ2n) is 10.7. The van der Waals surface area contributed by atoms with Crippen molar-refractivity contribution in [3.63, 3.8) is 0 Å². The van der Waals surface area contributed by atoms with Gasteiger partial charge in [-0.2, -0.15) is 5.53 Å². The van der Waals surface area contributed by atoms with Crippen LogP contribution in [-0.4, -0.2) is 52.4 Å². The molecule has 0 spiro atoms. The molecule has 56 heavy (non-hydrogen) atoms. The van der Waals surface area contributed by atoms with Gasteiger partial charge >= 0.3 is 0 Å². The van der Waals surface area contributed by atoms with Crippen LogP contribution in [0.15, 0.2) is 56.1 Å². The lowest BCUT2D eigenvalue weighted by atomic mass is 9.97. The Morgan fingerprint density at radius 2 is 1.34 bits per heavy atom. The highest BCUT2D eigenvalue weighted by Gasteiger charge is 2.28. The molecule has 1 amide bonds. The van der Waals surface area contributed by atoms with Crippen molar-refractivity contribution in [1.82, 2.24) is 25.2 Å². The van der Waals surface area contributed by atoms with Gasteiger partial charge in [0, 0.05) is 49.8 Å². The lowest BCUT2D eigenvalue weighted by Crippen LogP contribution is -2.33. The van der Waals surface area contributed by atoms with Crippen LogP contribution in [0.2, 0.25) is 0 Å². The maximum Gasteiger partial charge on any atom is 0.274 e. The Balaban J connectivity index is -0.000000110. The third-order valence-corrected chi connectivity index (χ3v) is 7.19. The Morgan fingerprint density at radius 3 is 1.88 bits per heavy atom. The number of hydrogen-bond donors (Lipinski definition) is 4. The Kier molecular flexibility index (Phi) is 22.2. The van der Waals surface area contributed by atoms with Crippen molar-refractivity contribution < 1.29 is 19.1 Å². The lowest BCUT2D eigenvalue weighted by molar-refractivity contribution is 0.0932. The summed E-state index contributed by atoms with van der Waals surface area (Å²) in [5, 5.41) is 21.4. The first-order valence-corrected chi connectivity index (χ1v) is 16.5. The normalized spacial score (nSPS) is 12.9. The molecule has 16 nitrogen and oxygen atoms in total. The zero-order chi connectivity index (χ0) is 40.5. The summed E-state index contributed by atoms with van der Waals surface area (Å²) >= 11 is 0. The molecule has 0 bridgehead atoms. The predicted octanol–water partition coefficient (Wildman–Crippen LogP) is 6.57. The highest BCUT2D eigenvalue weighted by Crippen LogP contribution is 2.33. The minimum atomic E-state index is -0.216. The number of piperidine rings is 1. The number of nitrogens with two attached hydrogens (primary N) is 1. The zero-order valence-electron chi connectivity index (χ0n) is 30.8. The number of carbonyl (C=O) groups excluding carboxylic acids is 1.